The van der Waals surface area contributed by atoms with E-state index in [4.69, 9.17) is 11.6 Å². The predicted octanol–water partition coefficient (Wildman–Crippen LogP) is 6.20. The molecule has 1 amide bonds. The minimum Gasteiger partial charge on any atom is -0.506 e. The van der Waals surface area contributed by atoms with Gasteiger partial charge in [0.05, 0.1) is 32.8 Å². The van der Waals surface area contributed by atoms with Gasteiger partial charge in [-0.05, 0) is 80.7 Å². The second-order valence-corrected chi connectivity index (χ2v) is 8.83. The molecule has 0 aliphatic carbocycles. The van der Waals surface area contributed by atoms with Gasteiger partial charge in [0.25, 0.3) is 0 Å². The average molecular weight is 582 g/mol. The number of nitrogens with zero attached hydrogens (tertiary/aromatic N) is 2. The van der Waals surface area contributed by atoms with Gasteiger partial charge in [-0.25, -0.2) is 4.68 Å². The zero-order valence-electron chi connectivity index (χ0n) is 15.8. The van der Waals surface area contributed by atoms with E-state index in [9.17, 15) is 23.1 Å². The van der Waals surface area contributed by atoms with Crippen LogP contribution in [0, 0.1) is 0 Å². The Hall–Kier alpha value is -2.04. The van der Waals surface area contributed by atoms with Gasteiger partial charge < -0.3 is 10.4 Å². The Kier molecular flexibility index (Phi) is 7.02. The topological polar surface area (TPSA) is 67.2 Å². The number of alkyl halides is 3. The summed E-state index contributed by atoms with van der Waals surface area (Å²) in [6.45, 7) is 1.47. The maximum absolute atomic E-state index is 13.2. The van der Waals surface area contributed by atoms with Crippen molar-refractivity contribution in [1.82, 2.24) is 15.1 Å². The lowest BCUT2D eigenvalue weighted by atomic mass is 10.0. The minimum atomic E-state index is -4.64. The van der Waals surface area contributed by atoms with Crippen molar-refractivity contribution in [2.45, 2.75) is 25.6 Å². The van der Waals surface area contributed by atoms with Crippen molar-refractivity contribution >= 4 is 49.4 Å². The van der Waals surface area contributed by atoms with Gasteiger partial charge in [0.15, 0.2) is 5.69 Å². The van der Waals surface area contributed by atoms with Crippen molar-refractivity contribution in [3.8, 4) is 11.4 Å². The van der Waals surface area contributed by atoms with Crippen LogP contribution in [0.2, 0.25) is 5.02 Å². The van der Waals surface area contributed by atoms with Crippen molar-refractivity contribution < 1.29 is 23.1 Å². The van der Waals surface area contributed by atoms with E-state index < -0.39 is 23.7 Å². The number of aromatic hydroxyl groups is 1. The number of hydrogen-bond donors (Lipinski definition) is 2. The number of halogens is 6. The van der Waals surface area contributed by atoms with Gasteiger partial charge in [0, 0.05) is 5.02 Å². The van der Waals surface area contributed by atoms with E-state index >= 15 is 0 Å². The summed E-state index contributed by atoms with van der Waals surface area (Å²) >= 11 is 12.4. The Bertz CT molecular complexity index is 1110. The van der Waals surface area contributed by atoms with Crippen LogP contribution in [-0.2, 0) is 17.5 Å². The Morgan fingerprint density at radius 3 is 2.45 bits per heavy atom. The quantitative estimate of drug-likeness (QED) is 0.378. The third-order valence-corrected chi connectivity index (χ3v) is 5.95. The van der Waals surface area contributed by atoms with Crippen LogP contribution in [0.15, 0.2) is 51.4 Å². The molecule has 2 aromatic carbocycles. The minimum absolute atomic E-state index is 0.00135. The summed E-state index contributed by atoms with van der Waals surface area (Å²) in [4.78, 5) is 12.7. The second kappa shape index (κ2) is 9.22. The highest BCUT2D eigenvalue weighted by Crippen LogP contribution is 2.35. The van der Waals surface area contributed by atoms with Crippen LogP contribution >= 0.6 is 43.5 Å². The third kappa shape index (κ3) is 5.42. The number of carbonyl (C=O) groups excluding carboxylic acids is 1. The van der Waals surface area contributed by atoms with Crippen molar-refractivity contribution in [3.05, 3.63) is 73.4 Å². The van der Waals surface area contributed by atoms with E-state index in [1.165, 1.54) is 6.07 Å². The first kappa shape index (κ1) is 23.6. The van der Waals surface area contributed by atoms with E-state index in [0.717, 1.165) is 10.7 Å². The van der Waals surface area contributed by atoms with Gasteiger partial charge in [0.1, 0.15) is 5.75 Å². The normalized spacial score (nSPS) is 12.6. The zero-order chi connectivity index (χ0) is 22.9. The SMILES string of the molecule is CC(C(=O)NCc1cc(C(F)(F)F)nn1-c1cccc(Cl)c1)c1cc(Br)c(O)c(Br)c1. The van der Waals surface area contributed by atoms with Gasteiger partial charge in [-0.15, -0.1) is 0 Å². The number of benzene rings is 2. The summed E-state index contributed by atoms with van der Waals surface area (Å²) < 4.78 is 41.6. The molecule has 3 aromatic rings. The van der Waals surface area contributed by atoms with Gasteiger partial charge >= 0.3 is 6.18 Å². The average Bonchev–Trinajstić information content (AvgIpc) is 3.14. The summed E-state index contributed by atoms with van der Waals surface area (Å²) in [5, 5.41) is 16.5. The molecule has 1 atom stereocenters. The first-order valence-electron chi connectivity index (χ1n) is 8.85. The number of phenols is 1. The number of hydrogen-bond acceptors (Lipinski definition) is 3. The van der Waals surface area contributed by atoms with Crippen LogP contribution in [0.3, 0.4) is 0 Å². The van der Waals surface area contributed by atoms with Gasteiger partial charge in [-0.2, -0.15) is 18.3 Å². The fourth-order valence-electron chi connectivity index (χ4n) is 2.83. The third-order valence-electron chi connectivity index (χ3n) is 4.50. The molecule has 0 fully saturated rings. The molecule has 0 aliphatic rings. The molecule has 1 aromatic heterocycles. The second-order valence-electron chi connectivity index (χ2n) is 6.68. The van der Waals surface area contributed by atoms with Crippen LogP contribution in [0.1, 0.15) is 29.8 Å². The Labute approximate surface area is 197 Å². The van der Waals surface area contributed by atoms with Crippen molar-refractivity contribution in [2.24, 2.45) is 0 Å². The molecule has 0 radical (unpaired) electrons. The lowest BCUT2D eigenvalue weighted by Crippen LogP contribution is -2.28. The first-order chi connectivity index (χ1) is 14.5. The van der Waals surface area contributed by atoms with E-state index in [0.29, 0.717) is 25.2 Å². The molecule has 1 heterocycles. The fourth-order valence-corrected chi connectivity index (χ4v) is 4.24. The highest BCUT2D eigenvalue weighted by Gasteiger charge is 2.35. The Morgan fingerprint density at radius 1 is 1.23 bits per heavy atom. The highest BCUT2D eigenvalue weighted by atomic mass is 79.9. The summed E-state index contributed by atoms with van der Waals surface area (Å²) in [6.07, 6.45) is -4.64. The molecule has 0 bridgehead atoms. The lowest BCUT2D eigenvalue weighted by molar-refractivity contribution is -0.141. The molecule has 2 N–H and O–H groups in total. The number of amides is 1. The first-order valence-corrected chi connectivity index (χ1v) is 10.8. The van der Waals surface area contributed by atoms with Crippen LogP contribution < -0.4 is 5.32 Å². The number of rotatable bonds is 5. The molecule has 0 aliphatic heterocycles. The highest BCUT2D eigenvalue weighted by molar-refractivity contribution is 9.11. The number of carbonyl (C=O) groups is 1. The number of phenolic OH excluding ortho intramolecular Hbond substituents is 1. The number of nitrogens with one attached hydrogen (secondary N) is 1. The molecule has 11 heteroatoms. The van der Waals surface area contributed by atoms with Gasteiger partial charge in [-0.1, -0.05) is 17.7 Å². The maximum Gasteiger partial charge on any atom is 0.435 e. The molecular weight excluding hydrogens is 566 g/mol. The molecule has 3 rings (SSSR count). The van der Waals surface area contributed by atoms with Gasteiger partial charge in [0.2, 0.25) is 5.91 Å². The van der Waals surface area contributed by atoms with E-state index in [1.54, 1.807) is 37.3 Å². The van der Waals surface area contributed by atoms with Gasteiger partial charge in [-0.3, -0.25) is 4.79 Å². The molecular formula is C20H15Br2ClF3N3O2. The Balaban J connectivity index is 1.85. The summed E-state index contributed by atoms with van der Waals surface area (Å²) in [7, 11) is 0. The molecule has 0 spiro atoms. The fraction of sp³-hybridized carbons (Fsp3) is 0.200. The van der Waals surface area contributed by atoms with Crippen molar-refractivity contribution in [1.29, 1.82) is 0 Å². The summed E-state index contributed by atoms with van der Waals surface area (Å²) in [6, 6.07) is 10.3. The smallest absolute Gasteiger partial charge is 0.435 e. The number of aromatic nitrogens is 2. The lowest BCUT2D eigenvalue weighted by Gasteiger charge is -2.15. The monoisotopic (exact) mass is 579 g/mol. The molecule has 0 saturated carbocycles. The Morgan fingerprint density at radius 2 is 1.87 bits per heavy atom. The predicted molar refractivity (Wildman–Crippen MR) is 117 cm³/mol. The van der Waals surface area contributed by atoms with E-state index in [-0.39, 0.29) is 18.0 Å². The van der Waals surface area contributed by atoms with Crippen molar-refractivity contribution in [3.63, 3.8) is 0 Å². The van der Waals surface area contributed by atoms with Crippen LogP contribution in [0.5, 0.6) is 5.75 Å². The van der Waals surface area contributed by atoms with E-state index in [2.05, 4.69) is 42.3 Å². The summed E-state index contributed by atoms with van der Waals surface area (Å²) in [5.41, 5.74) is 0.0134. The molecule has 164 valence electrons. The molecule has 31 heavy (non-hydrogen) atoms. The standard InChI is InChI=1S/C20H15Br2ClF3N3O2/c1-10(11-5-15(21)18(30)16(22)6-11)19(31)27-9-14-8-17(20(24,25)26)28-29(14)13-4-2-3-12(23)7-13/h2-8,10,30H,9H2,1H3,(H,27,31). The largest absolute Gasteiger partial charge is 0.506 e. The molecule has 1 unspecified atom stereocenters. The maximum atomic E-state index is 13.2. The van der Waals surface area contributed by atoms with E-state index in [1.807, 2.05) is 0 Å². The molecule has 5 nitrogen and oxygen atoms in total. The van der Waals surface area contributed by atoms with Crippen molar-refractivity contribution in [2.75, 3.05) is 0 Å². The van der Waals surface area contributed by atoms with Crippen LogP contribution in [0.4, 0.5) is 13.2 Å². The zero-order valence-corrected chi connectivity index (χ0v) is 19.8. The summed E-state index contributed by atoms with van der Waals surface area (Å²) in [5.74, 6) is -1.03. The van der Waals surface area contributed by atoms with Crippen LogP contribution in [0.25, 0.3) is 5.69 Å². The van der Waals surface area contributed by atoms with Crippen LogP contribution in [-0.4, -0.2) is 20.8 Å². The molecule has 0 saturated heterocycles.